The molecule has 5 N–H and O–H groups in total. The first-order valence-corrected chi connectivity index (χ1v) is 13.0. The molecule has 10 heteroatoms. The zero-order valence-corrected chi connectivity index (χ0v) is 22.2. The lowest BCUT2D eigenvalue weighted by Gasteiger charge is -2.18. The van der Waals surface area contributed by atoms with Crippen LogP contribution in [0.2, 0.25) is 0 Å². The summed E-state index contributed by atoms with van der Waals surface area (Å²) in [7, 11) is 1.69. The van der Waals surface area contributed by atoms with E-state index in [0.29, 0.717) is 40.2 Å². The van der Waals surface area contributed by atoms with Gasteiger partial charge in [-0.25, -0.2) is 9.97 Å². The Morgan fingerprint density at radius 2 is 1.77 bits per heavy atom. The van der Waals surface area contributed by atoms with Crippen molar-refractivity contribution in [3.05, 3.63) is 83.8 Å². The van der Waals surface area contributed by atoms with Crippen molar-refractivity contribution in [2.24, 2.45) is 11.8 Å². The normalized spacial score (nSPS) is 19.9. The minimum absolute atomic E-state index is 0.00423. The van der Waals surface area contributed by atoms with Gasteiger partial charge in [-0.2, -0.15) is 4.98 Å². The predicted molar refractivity (Wildman–Crippen MR) is 149 cm³/mol. The zero-order chi connectivity index (χ0) is 27.7. The van der Waals surface area contributed by atoms with Gasteiger partial charge in [0, 0.05) is 50.3 Å². The maximum atomic E-state index is 13.0. The number of fused-ring (bicyclic) bond motifs is 1. The first-order valence-electron chi connectivity index (χ1n) is 13.0. The van der Waals surface area contributed by atoms with Crippen LogP contribution in [-0.4, -0.2) is 63.6 Å². The number of amides is 2. The SMILES string of the molecule is C=CC(=O)N1CC2CC([NH2+]c3ncnc(N)c3C(=N)c3ccc(C(=O)N(C)c4cc(C)ccn4)cc3)CC2C1. The summed E-state index contributed by atoms with van der Waals surface area (Å²) in [4.78, 5) is 41.3. The van der Waals surface area contributed by atoms with Crippen LogP contribution in [0.1, 0.15) is 39.9 Å². The van der Waals surface area contributed by atoms with Crippen LogP contribution in [0, 0.1) is 24.2 Å². The number of nitrogens with zero attached hydrogens (tertiary/aromatic N) is 5. The molecule has 0 spiro atoms. The third kappa shape index (κ3) is 5.28. The molecule has 2 unspecified atom stereocenters. The van der Waals surface area contributed by atoms with Gasteiger partial charge >= 0.3 is 0 Å². The Labute approximate surface area is 227 Å². The fraction of sp³-hybridized carbons (Fsp3) is 0.310. The summed E-state index contributed by atoms with van der Waals surface area (Å²) in [5, 5.41) is 11.0. The lowest BCUT2D eigenvalue weighted by atomic mass is 10.0. The molecule has 2 aromatic heterocycles. The van der Waals surface area contributed by atoms with Crippen LogP contribution in [0.4, 0.5) is 17.5 Å². The smallest absolute Gasteiger partial charge is 0.259 e. The largest absolute Gasteiger partial charge is 0.383 e. The van der Waals surface area contributed by atoms with Gasteiger partial charge in [-0.05, 0) is 54.7 Å². The molecule has 5 rings (SSSR count). The Balaban J connectivity index is 1.29. The number of hydrogen-bond donors (Lipinski definition) is 3. The van der Waals surface area contributed by atoms with E-state index >= 15 is 0 Å². The summed E-state index contributed by atoms with van der Waals surface area (Å²) in [5.74, 6) is 2.17. The fourth-order valence-corrected chi connectivity index (χ4v) is 5.74. The summed E-state index contributed by atoms with van der Waals surface area (Å²) in [6.07, 6.45) is 6.41. The molecule has 0 bridgehead atoms. The van der Waals surface area contributed by atoms with Crippen LogP contribution < -0.4 is 16.0 Å². The van der Waals surface area contributed by atoms with Crippen molar-refractivity contribution in [3.63, 3.8) is 0 Å². The van der Waals surface area contributed by atoms with E-state index in [1.54, 1.807) is 37.5 Å². The van der Waals surface area contributed by atoms with E-state index in [1.165, 1.54) is 17.3 Å². The van der Waals surface area contributed by atoms with Gasteiger partial charge in [-0.1, -0.05) is 18.7 Å². The Bertz CT molecular complexity index is 1420. The van der Waals surface area contributed by atoms with Crippen LogP contribution in [0.3, 0.4) is 0 Å². The number of carbonyl (C=O) groups excluding carboxylic acids is 2. The summed E-state index contributed by atoms with van der Waals surface area (Å²) < 4.78 is 0. The third-order valence-corrected chi connectivity index (χ3v) is 7.79. The van der Waals surface area contributed by atoms with Gasteiger partial charge in [-0.15, -0.1) is 0 Å². The van der Waals surface area contributed by atoms with E-state index in [0.717, 1.165) is 31.5 Å². The molecule has 1 aliphatic carbocycles. The highest BCUT2D eigenvalue weighted by Crippen LogP contribution is 2.37. The summed E-state index contributed by atoms with van der Waals surface area (Å²) in [5.41, 5.74) is 9.06. The van der Waals surface area contributed by atoms with Crippen molar-refractivity contribution < 1.29 is 14.9 Å². The summed E-state index contributed by atoms with van der Waals surface area (Å²) in [6, 6.07) is 10.9. The van der Waals surface area contributed by atoms with Crippen molar-refractivity contribution >= 4 is 35.0 Å². The topological polar surface area (TPSA) is 146 Å². The highest BCUT2D eigenvalue weighted by Gasteiger charge is 2.44. The number of likely N-dealkylation sites (tertiary alicyclic amines) is 1. The van der Waals surface area contributed by atoms with E-state index in [-0.39, 0.29) is 29.4 Å². The van der Waals surface area contributed by atoms with Crippen LogP contribution >= 0.6 is 0 Å². The van der Waals surface area contributed by atoms with E-state index in [2.05, 4.69) is 26.8 Å². The second-order valence-corrected chi connectivity index (χ2v) is 10.4. The quantitative estimate of drug-likeness (QED) is 0.318. The summed E-state index contributed by atoms with van der Waals surface area (Å²) in [6.45, 7) is 7.07. The lowest BCUT2D eigenvalue weighted by molar-refractivity contribution is -0.613. The second-order valence-electron chi connectivity index (χ2n) is 10.4. The van der Waals surface area contributed by atoms with Gasteiger partial charge in [0.05, 0.1) is 11.8 Å². The minimum Gasteiger partial charge on any atom is -0.383 e. The first kappa shape index (κ1) is 26.2. The van der Waals surface area contributed by atoms with Gasteiger partial charge in [-0.3, -0.25) is 25.2 Å². The number of carbonyl (C=O) groups is 2. The fourth-order valence-electron chi connectivity index (χ4n) is 5.74. The molecular formula is C29H33N8O2+. The molecule has 1 aliphatic heterocycles. The average molecular weight is 526 g/mol. The number of anilines is 2. The van der Waals surface area contributed by atoms with Gasteiger partial charge in [0.1, 0.15) is 23.5 Å². The number of aromatic nitrogens is 3. The molecule has 10 nitrogen and oxygen atoms in total. The molecule has 2 aliphatic rings. The molecule has 39 heavy (non-hydrogen) atoms. The van der Waals surface area contributed by atoms with Crippen molar-refractivity contribution in [2.45, 2.75) is 25.8 Å². The number of benzene rings is 1. The number of nitrogens with two attached hydrogens (primary N) is 2. The van der Waals surface area contributed by atoms with E-state index in [1.807, 2.05) is 24.0 Å². The van der Waals surface area contributed by atoms with Crippen molar-refractivity contribution in [2.75, 3.05) is 30.8 Å². The lowest BCUT2D eigenvalue weighted by Crippen LogP contribution is -2.85. The molecule has 1 aromatic carbocycles. The van der Waals surface area contributed by atoms with Crippen LogP contribution in [0.25, 0.3) is 0 Å². The minimum atomic E-state index is -0.192. The van der Waals surface area contributed by atoms with Gasteiger partial charge < -0.3 is 10.6 Å². The number of rotatable bonds is 7. The molecule has 2 amide bonds. The third-order valence-electron chi connectivity index (χ3n) is 7.79. The Kier molecular flexibility index (Phi) is 7.21. The van der Waals surface area contributed by atoms with Crippen molar-refractivity contribution in [3.8, 4) is 0 Å². The molecular weight excluding hydrogens is 492 g/mol. The Morgan fingerprint density at radius 1 is 1.10 bits per heavy atom. The van der Waals surface area contributed by atoms with Gasteiger partial charge in [0.25, 0.3) is 5.91 Å². The molecule has 2 atom stereocenters. The maximum Gasteiger partial charge on any atom is 0.259 e. The highest BCUT2D eigenvalue weighted by atomic mass is 16.2. The number of aryl methyl sites for hydroxylation is 1. The van der Waals surface area contributed by atoms with Gasteiger partial charge in [0.15, 0.2) is 0 Å². The molecule has 200 valence electrons. The number of quaternary nitrogens is 1. The Hall–Kier alpha value is -4.44. The van der Waals surface area contributed by atoms with Crippen LogP contribution in [-0.2, 0) is 4.79 Å². The molecule has 2 fully saturated rings. The zero-order valence-electron chi connectivity index (χ0n) is 22.2. The number of nitrogens with one attached hydrogen (secondary N) is 1. The molecule has 0 radical (unpaired) electrons. The van der Waals surface area contributed by atoms with Gasteiger partial charge in [0.2, 0.25) is 11.7 Å². The maximum absolute atomic E-state index is 13.0. The second kappa shape index (κ2) is 10.7. The number of pyridine rings is 1. The standard InChI is InChI=1S/C29H32N8O2/c1-4-24(38)37-14-20-12-22(13-21(20)15-37)35-28-25(27(31)33-16-34-28)26(30)18-5-7-19(8-6-18)29(39)36(3)23-11-17(2)9-10-32-23/h4-11,16,20-22,30H,1,12-15H2,2-3H3,(H3,31,33,34,35)/p+1. The number of nitrogen functional groups attached to an aromatic ring is 1. The van der Waals surface area contributed by atoms with E-state index < -0.39 is 0 Å². The molecule has 1 saturated carbocycles. The molecule has 3 aromatic rings. The number of hydrogen-bond acceptors (Lipinski definition) is 7. The Morgan fingerprint density at radius 3 is 2.41 bits per heavy atom. The predicted octanol–water partition coefficient (Wildman–Crippen LogP) is 2.07. The van der Waals surface area contributed by atoms with Crippen LogP contribution in [0.15, 0.2) is 61.6 Å². The van der Waals surface area contributed by atoms with E-state index in [4.69, 9.17) is 11.1 Å². The average Bonchev–Trinajstić information content (AvgIpc) is 3.50. The molecule has 1 saturated heterocycles. The van der Waals surface area contributed by atoms with Crippen molar-refractivity contribution in [1.82, 2.24) is 19.9 Å². The first-order chi connectivity index (χ1) is 18.7. The summed E-state index contributed by atoms with van der Waals surface area (Å²) >= 11 is 0. The highest BCUT2D eigenvalue weighted by molar-refractivity contribution is 6.16. The molecule has 3 heterocycles. The monoisotopic (exact) mass is 525 g/mol. The van der Waals surface area contributed by atoms with Crippen molar-refractivity contribution in [1.29, 1.82) is 5.41 Å². The van der Waals surface area contributed by atoms with E-state index in [9.17, 15) is 9.59 Å². The van der Waals surface area contributed by atoms with Crippen LogP contribution in [0.5, 0.6) is 0 Å².